The number of sulfonamides is 1. The minimum atomic E-state index is -3.89. The highest BCUT2D eigenvalue weighted by molar-refractivity contribution is 7.89. The number of hydrogen-bond donors (Lipinski definition) is 1. The van der Waals surface area contributed by atoms with Crippen molar-refractivity contribution in [1.82, 2.24) is 14.2 Å². The van der Waals surface area contributed by atoms with Crippen molar-refractivity contribution in [3.05, 3.63) is 83.3 Å². The molecule has 0 saturated carbocycles. The standard InChI is InChI=1S/C30H32FN3O6S/c1-20-17-34(21(2)19-35)30(36)27-14-23(12-11-22-7-5-8-24(31)13-22)16-32-29(27)40-28(20)18-33(3)41(37,38)26-10-6-9-25(15-26)39-4/h5-10,13-16,20-21,28,35H,17-19H2,1-4H3/t20-,21+,28-/m0/s1. The molecule has 41 heavy (non-hydrogen) atoms. The van der Waals surface area contributed by atoms with E-state index in [1.54, 1.807) is 31.2 Å². The van der Waals surface area contributed by atoms with Crippen molar-refractivity contribution in [2.24, 2.45) is 5.92 Å². The first-order valence-electron chi connectivity index (χ1n) is 13.0. The fraction of sp³-hybridized carbons (Fsp3) is 0.333. The lowest BCUT2D eigenvalue weighted by atomic mass is 10.0. The molecule has 1 amide bonds. The minimum absolute atomic E-state index is 0.0293. The summed E-state index contributed by atoms with van der Waals surface area (Å²) in [5, 5.41) is 9.88. The van der Waals surface area contributed by atoms with Gasteiger partial charge in [-0.3, -0.25) is 4.79 Å². The maximum absolute atomic E-state index is 13.6. The van der Waals surface area contributed by atoms with Crippen LogP contribution in [0.25, 0.3) is 0 Å². The van der Waals surface area contributed by atoms with Crippen LogP contribution in [0, 0.1) is 23.6 Å². The van der Waals surface area contributed by atoms with E-state index < -0.39 is 33.9 Å². The number of pyridine rings is 1. The second kappa shape index (κ2) is 12.7. The second-order valence-electron chi connectivity index (χ2n) is 9.92. The van der Waals surface area contributed by atoms with Gasteiger partial charge in [-0.1, -0.05) is 30.9 Å². The Kier molecular flexibility index (Phi) is 9.28. The fourth-order valence-corrected chi connectivity index (χ4v) is 5.61. The number of aliphatic hydroxyl groups is 1. The number of nitrogens with zero attached hydrogens (tertiary/aromatic N) is 3. The van der Waals surface area contributed by atoms with Crippen molar-refractivity contribution in [2.75, 3.05) is 33.9 Å². The molecule has 1 N–H and O–H groups in total. The van der Waals surface area contributed by atoms with Crippen LogP contribution >= 0.6 is 0 Å². The third kappa shape index (κ3) is 6.85. The van der Waals surface area contributed by atoms with Gasteiger partial charge in [-0.2, -0.15) is 4.31 Å². The Morgan fingerprint density at radius 1 is 1.20 bits per heavy atom. The molecular formula is C30H32FN3O6S. The molecule has 0 radical (unpaired) electrons. The summed E-state index contributed by atoms with van der Waals surface area (Å²) in [6.45, 7) is 3.48. The Bertz CT molecular complexity index is 1590. The van der Waals surface area contributed by atoms with Gasteiger partial charge in [0.25, 0.3) is 5.91 Å². The molecule has 216 valence electrons. The summed E-state index contributed by atoms with van der Waals surface area (Å²) >= 11 is 0. The van der Waals surface area contributed by atoms with Gasteiger partial charge >= 0.3 is 0 Å². The summed E-state index contributed by atoms with van der Waals surface area (Å²) < 4.78 is 52.9. The molecule has 4 rings (SSSR count). The Hall–Kier alpha value is -3.98. The molecule has 2 heterocycles. The number of ether oxygens (including phenoxy) is 2. The lowest BCUT2D eigenvalue weighted by molar-refractivity contribution is 0.0373. The SMILES string of the molecule is COc1cccc(S(=O)(=O)N(C)C[C@@H]2Oc3ncc(C#Cc4cccc(F)c4)cc3C(=O)N([C@H](C)CO)C[C@@H]2C)c1. The number of carbonyl (C=O) groups is 1. The van der Waals surface area contributed by atoms with Crippen molar-refractivity contribution in [2.45, 2.75) is 30.9 Å². The van der Waals surface area contributed by atoms with Crippen LogP contribution in [0.3, 0.4) is 0 Å². The highest BCUT2D eigenvalue weighted by Crippen LogP contribution is 2.28. The van der Waals surface area contributed by atoms with E-state index in [1.807, 2.05) is 6.92 Å². The van der Waals surface area contributed by atoms with Crippen LogP contribution < -0.4 is 9.47 Å². The van der Waals surface area contributed by atoms with E-state index in [0.717, 1.165) is 0 Å². The predicted molar refractivity (Wildman–Crippen MR) is 151 cm³/mol. The smallest absolute Gasteiger partial charge is 0.259 e. The summed E-state index contributed by atoms with van der Waals surface area (Å²) in [5.74, 6) is 5.08. The zero-order valence-electron chi connectivity index (χ0n) is 23.2. The first kappa shape index (κ1) is 30.0. The number of aromatic nitrogens is 1. The molecule has 3 atom stereocenters. The molecule has 1 aliphatic rings. The summed E-state index contributed by atoms with van der Waals surface area (Å²) in [5.41, 5.74) is 1.00. The summed E-state index contributed by atoms with van der Waals surface area (Å²) in [4.78, 5) is 19.6. The molecule has 0 aliphatic carbocycles. The normalized spacial score (nSPS) is 17.9. The highest BCUT2D eigenvalue weighted by atomic mass is 32.2. The van der Waals surface area contributed by atoms with Gasteiger partial charge in [0.05, 0.1) is 31.2 Å². The summed E-state index contributed by atoms with van der Waals surface area (Å²) in [6, 6.07) is 13.1. The molecule has 0 saturated heterocycles. The Balaban J connectivity index is 1.68. The first-order valence-corrected chi connectivity index (χ1v) is 14.4. The Labute approximate surface area is 239 Å². The third-order valence-electron chi connectivity index (χ3n) is 6.88. The topological polar surface area (TPSA) is 109 Å². The molecule has 0 spiro atoms. The Morgan fingerprint density at radius 3 is 2.63 bits per heavy atom. The van der Waals surface area contributed by atoms with Gasteiger partial charge in [0.1, 0.15) is 23.2 Å². The largest absolute Gasteiger partial charge is 0.497 e. The number of halogens is 1. The molecule has 0 unspecified atom stereocenters. The van der Waals surface area contributed by atoms with Crippen LogP contribution in [-0.2, 0) is 10.0 Å². The number of fused-ring (bicyclic) bond motifs is 1. The van der Waals surface area contributed by atoms with Crippen molar-refractivity contribution in [3.8, 4) is 23.5 Å². The summed E-state index contributed by atoms with van der Waals surface area (Å²) in [6.07, 6.45) is 0.760. The van der Waals surface area contributed by atoms with E-state index >= 15 is 0 Å². The average molecular weight is 582 g/mol. The van der Waals surface area contributed by atoms with Crippen molar-refractivity contribution >= 4 is 15.9 Å². The maximum atomic E-state index is 13.6. The number of aliphatic hydroxyl groups excluding tert-OH is 1. The molecule has 3 aromatic rings. The van der Waals surface area contributed by atoms with Crippen LogP contribution in [0.15, 0.2) is 65.7 Å². The molecule has 11 heteroatoms. The van der Waals surface area contributed by atoms with E-state index in [1.165, 1.54) is 59.9 Å². The molecule has 0 fully saturated rings. The fourth-order valence-electron chi connectivity index (χ4n) is 4.39. The van der Waals surface area contributed by atoms with Gasteiger partial charge in [0.2, 0.25) is 15.9 Å². The Morgan fingerprint density at radius 2 is 1.93 bits per heavy atom. The monoisotopic (exact) mass is 581 g/mol. The van der Waals surface area contributed by atoms with E-state index in [4.69, 9.17) is 9.47 Å². The van der Waals surface area contributed by atoms with Crippen LogP contribution in [0.5, 0.6) is 11.6 Å². The first-order chi connectivity index (χ1) is 19.5. The lowest BCUT2D eigenvalue weighted by Gasteiger charge is -2.37. The van der Waals surface area contributed by atoms with Crippen molar-refractivity contribution in [3.63, 3.8) is 0 Å². The number of hydrogen-bond acceptors (Lipinski definition) is 7. The molecule has 0 bridgehead atoms. The van der Waals surface area contributed by atoms with Crippen LogP contribution in [0.1, 0.15) is 35.3 Å². The predicted octanol–water partition coefficient (Wildman–Crippen LogP) is 3.17. The van der Waals surface area contributed by atoms with Gasteiger partial charge in [0.15, 0.2) is 0 Å². The average Bonchev–Trinajstić information content (AvgIpc) is 2.97. The lowest BCUT2D eigenvalue weighted by Crippen LogP contribution is -2.50. The second-order valence-corrected chi connectivity index (χ2v) is 12.0. The van der Waals surface area contributed by atoms with Gasteiger partial charge in [-0.25, -0.2) is 17.8 Å². The number of likely N-dealkylation sites (N-methyl/N-ethyl adjacent to an activating group) is 1. The van der Waals surface area contributed by atoms with Crippen LogP contribution in [-0.4, -0.2) is 79.6 Å². The molecular weight excluding hydrogens is 549 g/mol. The van der Waals surface area contributed by atoms with Gasteiger partial charge in [0, 0.05) is 42.9 Å². The highest BCUT2D eigenvalue weighted by Gasteiger charge is 2.36. The van der Waals surface area contributed by atoms with Gasteiger partial charge < -0.3 is 19.5 Å². The number of benzene rings is 2. The van der Waals surface area contributed by atoms with Crippen LogP contribution in [0.4, 0.5) is 4.39 Å². The third-order valence-corrected chi connectivity index (χ3v) is 8.70. The minimum Gasteiger partial charge on any atom is -0.497 e. The zero-order valence-corrected chi connectivity index (χ0v) is 24.1. The van der Waals surface area contributed by atoms with Crippen LogP contribution in [0.2, 0.25) is 0 Å². The summed E-state index contributed by atoms with van der Waals surface area (Å²) in [7, 11) is -0.972. The quantitative estimate of drug-likeness (QED) is 0.427. The maximum Gasteiger partial charge on any atom is 0.259 e. The van der Waals surface area contributed by atoms with Crippen molar-refractivity contribution < 1.29 is 32.2 Å². The van der Waals surface area contributed by atoms with E-state index in [-0.39, 0.29) is 42.0 Å². The number of rotatable bonds is 7. The van der Waals surface area contributed by atoms with Gasteiger partial charge in [-0.05, 0) is 43.3 Å². The number of carbonyl (C=O) groups excluding carboxylic acids is 1. The molecule has 2 aromatic carbocycles. The van der Waals surface area contributed by atoms with E-state index in [9.17, 15) is 22.7 Å². The van der Waals surface area contributed by atoms with E-state index in [0.29, 0.717) is 16.9 Å². The molecule has 9 nitrogen and oxygen atoms in total. The zero-order chi connectivity index (χ0) is 29.7. The number of methoxy groups -OCH3 is 1. The van der Waals surface area contributed by atoms with E-state index in [2.05, 4.69) is 16.8 Å². The van der Waals surface area contributed by atoms with Crippen molar-refractivity contribution in [1.29, 1.82) is 0 Å². The van der Waals surface area contributed by atoms with Gasteiger partial charge in [-0.15, -0.1) is 0 Å². The number of amides is 1. The molecule has 1 aromatic heterocycles. The molecule has 1 aliphatic heterocycles.